The van der Waals surface area contributed by atoms with Gasteiger partial charge in [0.05, 0.1) is 17.4 Å². The minimum absolute atomic E-state index is 0.119. The fraction of sp³-hybridized carbons (Fsp3) is 0.182. The molecule has 27 heavy (non-hydrogen) atoms. The third kappa shape index (κ3) is 5.56. The van der Waals surface area contributed by atoms with Gasteiger partial charge in [-0.1, -0.05) is 54.1 Å². The number of carbonyl (C=O) groups is 1. The fourth-order valence-electron chi connectivity index (χ4n) is 2.78. The first-order valence-corrected chi connectivity index (χ1v) is 9.22. The summed E-state index contributed by atoms with van der Waals surface area (Å²) in [5.41, 5.74) is 3.81. The van der Waals surface area contributed by atoms with Crippen LogP contribution < -0.4 is 10.2 Å². The van der Waals surface area contributed by atoms with Crippen LogP contribution in [-0.2, 0) is 13.0 Å². The highest BCUT2D eigenvalue weighted by Gasteiger charge is 2.09. The molecule has 1 heterocycles. The Balaban J connectivity index is 1.57. The SMILES string of the molecule is CN(Cc1ccccc1)c1cncc(C(=O)NCCc2ccc(Cl)cc2)c1. The molecular formula is C22H22ClN3O. The van der Waals surface area contributed by atoms with Gasteiger partial charge in [-0.05, 0) is 35.7 Å². The number of amides is 1. The van der Waals surface area contributed by atoms with Crippen LogP contribution in [-0.4, -0.2) is 24.5 Å². The summed E-state index contributed by atoms with van der Waals surface area (Å²) in [6, 6.07) is 19.7. The molecule has 5 heteroatoms. The molecule has 0 unspecified atom stereocenters. The Kier molecular flexibility index (Phi) is 6.44. The Morgan fingerprint density at radius 2 is 1.78 bits per heavy atom. The molecule has 0 fully saturated rings. The highest BCUT2D eigenvalue weighted by molar-refractivity contribution is 6.30. The number of halogens is 1. The first-order valence-electron chi connectivity index (χ1n) is 8.84. The number of benzene rings is 2. The van der Waals surface area contributed by atoms with E-state index < -0.39 is 0 Å². The van der Waals surface area contributed by atoms with Gasteiger partial charge >= 0.3 is 0 Å². The molecule has 0 saturated carbocycles. The van der Waals surface area contributed by atoms with E-state index in [2.05, 4.69) is 27.3 Å². The van der Waals surface area contributed by atoms with Crippen molar-refractivity contribution >= 4 is 23.2 Å². The molecule has 2 aromatic carbocycles. The maximum absolute atomic E-state index is 12.4. The number of nitrogens with zero attached hydrogens (tertiary/aromatic N) is 2. The number of anilines is 1. The zero-order valence-corrected chi connectivity index (χ0v) is 16.0. The van der Waals surface area contributed by atoms with Crippen LogP contribution in [0.5, 0.6) is 0 Å². The number of carbonyl (C=O) groups excluding carboxylic acids is 1. The summed E-state index contributed by atoms with van der Waals surface area (Å²) in [4.78, 5) is 18.7. The molecule has 0 atom stereocenters. The van der Waals surface area contributed by atoms with Crippen molar-refractivity contribution in [2.75, 3.05) is 18.5 Å². The Morgan fingerprint density at radius 3 is 2.52 bits per heavy atom. The molecule has 0 bridgehead atoms. The predicted molar refractivity (Wildman–Crippen MR) is 110 cm³/mol. The second kappa shape index (κ2) is 9.19. The van der Waals surface area contributed by atoms with Crippen molar-refractivity contribution in [1.29, 1.82) is 0 Å². The smallest absolute Gasteiger partial charge is 0.252 e. The molecule has 1 aromatic heterocycles. The van der Waals surface area contributed by atoms with Crippen LogP contribution in [0.15, 0.2) is 73.1 Å². The predicted octanol–water partition coefficient (Wildman–Crippen LogP) is 4.34. The van der Waals surface area contributed by atoms with Crippen LogP contribution in [0.2, 0.25) is 5.02 Å². The van der Waals surface area contributed by atoms with Crippen molar-refractivity contribution in [2.24, 2.45) is 0 Å². The molecule has 138 valence electrons. The van der Waals surface area contributed by atoms with Crippen molar-refractivity contribution in [1.82, 2.24) is 10.3 Å². The molecule has 1 amide bonds. The zero-order chi connectivity index (χ0) is 19.1. The van der Waals surface area contributed by atoms with E-state index in [1.54, 1.807) is 12.4 Å². The molecule has 3 rings (SSSR count). The van der Waals surface area contributed by atoms with Crippen molar-refractivity contribution in [2.45, 2.75) is 13.0 Å². The molecule has 1 N–H and O–H groups in total. The first kappa shape index (κ1) is 18.9. The first-order chi connectivity index (χ1) is 13.1. The summed E-state index contributed by atoms with van der Waals surface area (Å²) in [5, 5.41) is 3.66. The summed E-state index contributed by atoms with van der Waals surface area (Å²) < 4.78 is 0. The summed E-state index contributed by atoms with van der Waals surface area (Å²) in [6.07, 6.45) is 4.12. The number of rotatable bonds is 7. The van der Waals surface area contributed by atoms with Gasteiger partial charge in [0.25, 0.3) is 5.91 Å². The van der Waals surface area contributed by atoms with Gasteiger partial charge in [-0.2, -0.15) is 0 Å². The third-order valence-corrected chi connectivity index (χ3v) is 4.55. The number of hydrogen-bond acceptors (Lipinski definition) is 3. The maximum atomic E-state index is 12.4. The van der Waals surface area contributed by atoms with Crippen molar-refractivity contribution in [3.8, 4) is 0 Å². The van der Waals surface area contributed by atoms with Gasteiger partial charge in [-0.15, -0.1) is 0 Å². The average molecular weight is 380 g/mol. The lowest BCUT2D eigenvalue weighted by Gasteiger charge is -2.19. The second-order valence-corrected chi connectivity index (χ2v) is 6.84. The highest BCUT2D eigenvalue weighted by atomic mass is 35.5. The molecule has 0 aliphatic rings. The van der Waals surface area contributed by atoms with Gasteiger partial charge < -0.3 is 10.2 Å². The number of nitrogens with one attached hydrogen (secondary N) is 1. The topological polar surface area (TPSA) is 45.2 Å². The summed E-state index contributed by atoms with van der Waals surface area (Å²) in [6.45, 7) is 1.31. The molecule has 0 aliphatic heterocycles. The van der Waals surface area contributed by atoms with Gasteiger partial charge in [0.15, 0.2) is 0 Å². The minimum Gasteiger partial charge on any atom is -0.369 e. The van der Waals surface area contributed by atoms with E-state index in [4.69, 9.17) is 11.6 Å². The van der Waals surface area contributed by atoms with Crippen LogP contribution in [0.25, 0.3) is 0 Å². The molecular weight excluding hydrogens is 358 g/mol. The zero-order valence-electron chi connectivity index (χ0n) is 15.2. The lowest BCUT2D eigenvalue weighted by Crippen LogP contribution is -2.26. The van der Waals surface area contributed by atoms with Gasteiger partial charge in [0.1, 0.15) is 0 Å². The van der Waals surface area contributed by atoms with Crippen LogP contribution in [0, 0.1) is 0 Å². The Bertz CT molecular complexity index is 882. The van der Waals surface area contributed by atoms with Crippen LogP contribution >= 0.6 is 11.6 Å². The number of aromatic nitrogens is 1. The van der Waals surface area contributed by atoms with Crippen LogP contribution in [0.1, 0.15) is 21.5 Å². The molecule has 3 aromatic rings. The van der Waals surface area contributed by atoms with E-state index >= 15 is 0 Å². The molecule has 0 aliphatic carbocycles. The highest BCUT2D eigenvalue weighted by Crippen LogP contribution is 2.16. The van der Waals surface area contributed by atoms with Crippen LogP contribution in [0.3, 0.4) is 0 Å². The third-order valence-electron chi connectivity index (χ3n) is 4.30. The van der Waals surface area contributed by atoms with E-state index in [-0.39, 0.29) is 5.91 Å². The molecule has 0 spiro atoms. The average Bonchev–Trinajstić information content (AvgIpc) is 2.70. The van der Waals surface area contributed by atoms with Gasteiger partial charge in [-0.25, -0.2) is 0 Å². The number of pyridine rings is 1. The Morgan fingerprint density at radius 1 is 1.04 bits per heavy atom. The van der Waals surface area contributed by atoms with Gasteiger partial charge in [-0.3, -0.25) is 9.78 Å². The van der Waals surface area contributed by atoms with Crippen molar-refractivity contribution in [3.63, 3.8) is 0 Å². The largest absolute Gasteiger partial charge is 0.369 e. The monoisotopic (exact) mass is 379 g/mol. The number of hydrogen-bond donors (Lipinski definition) is 1. The summed E-state index contributed by atoms with van der Waals surface area (Å²) in [5.74, 6) is -0.119. The minimum atomic E-state index is -0.119. The fourth-order valence-corrected chi connectivity index (χ4v) is 2.91. The Labute approximate surface area is 164 Å². The van der Waals surface area contributed by atoms with Crippen molar-refractivity contribution < 1.29 is 4.79 Å². The van der Waals surface area contributed by atoms with Crippen LogP contribution in [0.4, 0.5) is 5.69 Å². The second-order valence-electron chi connectivity index (χ2n) is 6.41. The molecule has 0 radical (unpaired) electrons. The Hall–Kier alpha value is -2.85. The van der Waals surface area contributed by atoms with E-state index in [1.807, 2.05) is 55.6 Å². The van der Waals surface area contributed by atoms with Crippen molar-refractivity contribution in [3.05, 3.63) is 94.8 Å². The van der Waals surface area contributed by atoms with Gasteiger partial charge in [0, 0.05) is 31.4 Å². The van der Waals surface area contributed by atoms with E-state index in [1.165, 1.54) is 5.56 Å². The lowest BCUT2D eigenvalue weighted by atomic mass is 10.1. The summed E-state index contributed by atoms with van der Waals surface area (Å²) in [7, 11) is 1.99. The summed E-state index contributed by atoms with van der Waals surface area (Å²) >= 11 is 5.89. The molecule has 4 nitrogen and oxygen atoms in total. The van der Waals surface area contributed by atoms with E-state index in [9.17, 15) is 4.79 Å². The lowest BCUT2D eigenvalue weighted by molar-refractivity contribution is 0.0954. The van der Waals surface area contributed by atoms with E-state index in [0.29, 0.717) is 17.1 Å². The quantitative estimate of drug-likeness (QED) is 0.664. The standard InChI is InChI=1S/C22H22ClN3O/c1-26(16-18-5-3-2-4-6-18)21-13-19(14-24-15-21)22(27)25-12-11-17-7-9-20(23)10-8-17/h2-10,13-15H,11-12,16H2,1H3,(H,25,27). The molecule has 0 saturated heterocycles. The van der Waals surface area contributed by atoms with Gasteiger partial charge in [0.2, 0.25) is 0 Å². The maximum Gasteiger partial charge on any atom is 0.252 e. The van der Waals surface area contributed by atoms with E-state index in [0.717, 1.165) is 24.2 Å². The normalized spacial score (nSPS) is 10.4.